The summed E-state index contributed by atoms with van der Waals surface area (Å²) in [5, 5.41) is 11.5. The lowest BCUT2D eigenvalue weighted by molar-refractivity contribution is 0.187. The number of amides is 2. The molecule has 20 heavy (non-hydrogen) atoms. The molecule has 0 aliphatic heterocycles. The number of aliphatic hydroxyl groups excluding tert-OH is 1. The summed E-state index contributed by atoms with van der Waals surface area (Å²) >= 11 is 3.16. The number of unbranched alkanes of at least 4 members (excludes halogenated alkanes) is 2. The molecule has 0 spiro atoms. The van der Waals surface area contributed by atoms with Crippen LogP contribution in [0.4, 0.5) is 14.9 Å². The van der Waals surface area contributed by atoms with Crippen molar-refractivity contribution in [2.24, 2.45) is 0 Å². The predicted molar refractivity (Wildman–Crippen MR) is 81.3 cm³/mol. The lowest BCUT2D eigenvalue weighted by atomic mass is 10.2. The van der Waals surface area contributed by atoms with Crippen LogP contribution in [0.3, 0.4) is 0 Å². The molecular weight excluding hydrogens is 327 g/mol. The fraction of sp³-hybridized carbons (Fsp3) is 0.500. The topological polar surface area (TPSA) is 52.6 Å². The summed E-state index contributed by atoms with van der Waals surface area (Å²) in [6.45, 7) is 2.77. The number of nitrogens with one attached hydrogen (secondary N) is 1. The molecule has 6 heteroatoms. The lowest BCUT2D eigenvalue weighted by Gasteiger charge is -2.22. The van der Waals surface area contributed by atoms with Crippen LogP contribution in [0.15, 0.2) is 22.7 Å². The highest BCUT2D eigenvalue weighted by Gasteiger charge is 2.14. The number of hydrogen-bond donors (Lipinski definition) is 2. The van der Waals surface area contributed by atoms with E-state index in [-0.39, 0.29) is 18.8 Å². The first-order chi connectivity index (χ1) is 9.58. The Hall–Kier alpha value is -1.14. The standard InChI is InChI=1S/C14H20BrFN2O2/c1-2-3-4-7-18(8-9-19)14(20)17-13-6-5-11(15)10-12(13)16/h5-6,10,19H,2-4,7-9H2,1H3,(H,17,20). The van der Waals surface area contributed by atoms with Crippen molar-refractivity contribution < 1.29 is 14.3 Å². The monoisotopic (exact) mass is 346 g/mol. The third-order valence-corrected chi connectivity index (χ3v) is 3.35. The van der Waals surface area contributed by atoms with Crippen molar-refractivity contribution >= 4 is 27.6 Å². The van der Waals surface area contributed by atoms with Crippen LogP contribution in [0.5, 0.6) is 0 Å². The van der Waals surface area contributed by atoms with Crippen molar-refractivity contribution in [1.82, 2.24) is 4.90 Å². The minimum Gasteiger partial charge on any atom is -0.395 e. The molecule has 1 aromatic carbocycles. The summed E-state index contributed by atoms with van der Waals surface area (Å²) in [5.41, 5.74) is 0.136. The summed E-state index contributed by atoms with van der Waals surface area (Å²) < 4.78 is 14.3. The Bertz CT molecular complexity index is 443. The van der Waals surface area contributed by atoms with Crippen LogP contribution in [0.1, 0.15) is 26.2 Å². The second-order valence-electron chi connectivity index (χ2n) is 4.47. The van der Waals surface area contributed by atoms with E-state index in [1.54, 1.807) is 6.07 Å². The Morgan fingerprint density at radius 2 is 2.15 bits per heavy atom. The molecule has 0 fully saturated rings. The van der Waals surface area contributed by atoms with Crippen molar-refractivity contribution in [3.8, 4) is 0 Å². The summed E-state index contributed by atoms with van der Waals surface area (Å²) in [6, 6.07) is 4.06. The maximum Gasteiger partial charge on any atom is 0.322 e. The molecule has 1 rings (SSSR count). The van der Waals surface area contributed by atoms with Gasteiger partial charge in [0.1, 0.15) is 5.82 Å². The molecular formula is C14H20BrFN2O2. The van der Waals surface area contributed by atoms with Gasteiger partial charge in [-0.2, -0.15) is 0 Å². The number of carbonyl (C=O) groups excluding carboxylic acids is 1. The first kappa shape index (κ1) is 16.9. The fourth-order valence-electron chi connectivity index (χ4n) is 1.77. The molecule has 0 heterocycles. The third-order valence-electron chi connectivity index (χ3n) is 2.86. The summed E-state index contributed by atoms with van der Waals surface area (Å²) in [5.74, 6) is -0.495. The van der Waals surface area contributed by atoms with E-state index in [9.17, 15) is 9.18 Å². The largest absolute Gasteiger partial charge is 0.395 e. The smallest absolute Gasteiger partial charge is 0.322 e. The number of anilines is 1. The predicted octanol–water partition coefficient (Wildman–Crippen LogP) is 3.60. The highest BCUT2D eigenvalue weighted by molar-refractivity contribution is 9.10. The molecule has 0 radical (unpaired) electrons. The zero-order valence-electron chi connectivity index (χ0n) is 11.5. The Labute approximate surface area is 127 Å². The van der Waals surface area contributed by atoms with E-state index in [2.05, 4.69) is 28.2 Å². The van der Waals surface area contributed by atoms with E-state index in [0.29, 0.717) is 11.0 Å². The van der Waals surface area contributed by atoms with Gasteiger partial charge in [-0.25, -0.2) is 9.18 Å². The highest BCUT2D eigenvalue weighted by atomic mass is 79.9. The van der Waals surface area contributed by atoms with Crippen molar-refractivity contribution in [2.75, 3.05) is 25.0 Å². The van der Waals surface area contributed by atoms with Gasteiger partial charge in [-0.3, -0.25) is 0 Å². The molecule has 0 unspecified atom stereocenters. The van der Waals surface area contributed by atoms with Crippen LogP contribution in [0.2, 0.25) is 0 Å². The van der Waals surface area contributed by atoms with Crippen LogP contribution < -0.4 is 5.32 Å². The quantitative estimate of drug-likeness (QED) is 0.741. The van der Waals surface area contributed by atoms with Crippen molar-refractivity contribution in [3.05, 3.63) is 28.5 Å². The van der Waals surface area contributed by atoms with Gasteiger partial charge < -0.3 is 15.3 Å². The Morgan fingerprint density at radius 1 is 1.40 bits per heavy atom. The number of urea groups is 1. The molecule has 112 valence electrons. The molecule has 2 amide bonds. The normalized spacial score (nSPS) is 10.4. The zero-order valence-corrected chi connectivity index (χ0v) is 13.1. The summed E-state index contributed by atoms with van der Waals surface area (Å²) in [6.07, 6.45) is 2.94. The number of nitrogens with zero attached hydrogens (tertiary/aromatic N) is 1. The van der Waals surface area contributed by atoms with Crippen LogP contribution >= 0.6 is 15.9 Å². The zero-order chi connectivity index (χ0) is 15.0. The van der Waals surface area contributed by atoms with Gasteiger partial charge >= 0.3 is 6.03 Å². The Kier molecular flexibility index (Phi) is 7.54. The first-order valence-corrected chi connectivity index (χ1v) is 7.49. The molecule has 2 N–H and O–H groups in total. The van der Waals surface area contributed by atoms with Gasteiger partial charge in [-0.1, -0.05) is 35.7 Å². The van der Waals surface area contributed by atoms with Gasteiger partial charge in [-0.05, 0) is 24.6 Å². The van der Waals surface area contributed by atoms with E-state index in [1.165, 1.54) is 17.0 Å². The summed E-state index contributed by atoms with van der Waals surface area (Å²) in [7, 11) is 0. The average Bonchev–Trinajstić information content (AvgIpc) is 2.41. The van der Waals surface area contributed by atoms with Gasteiger partial charge in [0.25, 0.3) is 0 Å². The van der Waals surface area contributed by atoms with Crippen molar-refractivity contribution in [3.63, 3.8) is 0 Å². The lowest BCUT2D eigenvalue weighted by Crippen LogP contribution is -2.38. The van der Waals surface area contributed by atoms with Gasteiger partial charge in [0, 0.05) is 17.6 Å². The molecule has 1 aromatic rings. The summed E-state index contributed by atoms with van der Waals surface area (Å²) in [4.78, 5) is 13.6. The average molecular weight is 347 g/mol. The minimum absolute atomic E-state index is 0.109. The maximum absolute atomic E-state index is 13.7. The number of halogens is 2. The van der Waals surface area contributed by atoms with Crippen LogP contribution in [0.25, 0.3) is 0 Å². The van der Waals surface area contributed by atoms with Crippen LogP contribution in [0, 0.1) is 5.82 Å². The molecule has 0 aliphatic rings. The van der Waals surface area contributed by atoms with Crippen molar-refractivity contribution in [1.29, 1.82) is 0 Å². The third kappa shape index (κ3) is 5.46. The molecule has 0 saturated heterocycles. The highest BCUT2D eigenvalue weighted by Crippen LogP contribution is 2.19. The fourth-order valence-corrected chi connectivity index (χ4v) is 2.11. The van der Waals surface area contributed by atoms with Crippen LogP contribution in [-0.2, 0) is 0 Å². The number of rotatable bonds is 7. The number of carbonyl (C=O) groups is 1. The molecule has 0 aliphatic carbocycles. The number of benzene rings is 1. The SMILES string of the molecule is CCCCCN(CCO)C(=O)Nc1ccc(Br)cc1F. The van der Waals surface area contributed by atoms with Gasteiger partial charge in [0.05, 0.1) is 12.3 Å². The van der Waals surface area contributed by atoms with Crippen LogP contribution in [-0.4, -0.2) is 35.7 Å². The maximum atomic E-state index is 13.7. The van der Waals surface area contributed by atoms with E-state index in [1.807, 2.05) is 0 Å². The van der Waals surface area contributed by atoms with Gasteiger partial charge in [0.2, 0.25) is 0 Å². The second kappa shape index (κ2) is 8.92. The number of aliphatic hydroxyl groups is 1. The molecule has 4 nitrogen and oxygen atoms in total. The van der Waals surface area contributed by atoms with E-state index < -0.39 is 11.8 Å². The molecule has 0 atom stereocenters. The van der Waals surface area contributed by atoms with Gasteiger partial charge in [0.15, 0.2) is 0 Å². The molecule has 0 aromatic heterocycles. The van der Waals surface area contributed by atoms with Gasteiger partial charge in [-0.15, -0.1) is 0 Å². The first-order valence-electron chi connectivity index (χ1n) is 6.70. The molecule has 0 saturated carbocycles. The van der Waals surface area contributed by atoms with E-state index in [4.69, 9.17) is 5.11 Å². The van der Waals surface area contributed by atoms with E-state index in [0.717, 1.165) is 19.3 Å². The van der Waals surface area contributed by atoms with Crippen molar-refractivity contribution in [2.45, 2.75) is 26.2 Å². The number of hydrogen-bond acceptors (Lipinski definition) is 2. The minimum atomic E-state index is -0.495. The molecule has 0 bridgehead atoms. The second-order valence-corrected chi connectivity index (χ2v) is 5.39. The Morgan fingerprint density at radius 3 is 2.75 bits per heavy atom. The van der Waals surface area contributed by atoms with E-state index >= 15 is 0 Å². The Balaban J connectivity index is 2.64.